The van der Waals surface area contributed by atoms with Gasteiger partial charge in [0.2, 0.25) is 0 Å². The van der Waals surface area contributed by atoms with Crippen molar-refractivity contribution in [3.63, 3.8) is 0 Å². The molecule has 2 heterocycles. The van der Waals surface area contributed by atoms with E-state index in [2.05, 4.69) is 15.6 Å². The molecule has 1 aliphatic heterocycles. The molecule has 2 N–H and O–H groups in total. The zero-order valence-corrected chi connectivity index (χ0v) is 14.6. The van der Waals surface area contributed by atoms with Crippen LogP contribution in [0.1, 0.15) is 17.8 Å². The van der Waals surface area contributed by atoms with Gasteiger partial charge in [0.05, 0.1) is 15.2 Å². The highest BCUT2D eigenvalue weighted by Crippen LogP contribution is 2.25. The number of aromatic nitrogens is 1. The number of thiazole rings is 1. The first kappa shape index (κ1) is 16.6. The standard InChI is InChI=1S/C16H20ClN3O2S/c1-22-16(5-8-18-9-6-16)15(21)19-7-4-14-20-12-10-11(17)2-3-13(12)23-14/h2-3,10,18H,4-9H2,1H3,(H,19,21). The minimum atomic E-state index is -0.688. The van der Waals surface area contributed by atoms with Crippen LogP contribution in [0, 0.1) is 0 Å². The number of carbonyl (C=O) groups excluding carboxylic acids is 1. The Hall–Kier alpha value is -1.21. The van der Waals surface area contributed by atoms with Gasteiger partial charge in [-0.15, -0.1) is 11.3 Å². The number of nitrogens with zero attached hydrogens (tertiary/aromatic N) is 1. The SMILES string of the molecule is COC1(C(=O)NCCc2nc3cc(Cl)ccc3s2)CCNCC1. The molecule has 0 spiro atoms. The van der Waals surface area contributed by atoms with Crippen molar-refractivity contribution in [2.75, 3.05) is 26.7 Å². The lowest BCUT2D eigenvalue weighted by atomic mass is 9.91. The highest BCUT2D eigenvalue weighted by molar-refractivity contribution is 7.18. The predicted molar refractivity (Wildman–Crippen MR) is 93.2 cm³/mol. The average Bonchev–Trinajstić information content (AvgIpc) is 2.97. The molecule has 1 fully saturated rings. The fraction of sp³-hybridized carbons (Fsp3) is 0.500. The second kappa shape index (κ2) is 7.13. The first-order valence-corrected chi connectivity index (χ1v) is 8.91. The van der Waals surface area contributed by atoms with E-state index in [4.69, 9.17) is 16.3 Å². The molecule has 23 heavy (non-hydrogen) atoms. The van der Waals surface area contributed by atoms with Gasteiger partial charge < -0.3 is 15.4 Å². The van der Waals surface area contributed by atoms with Crippen molar-refractivity contribution in [3.8, 4) is 0 Å². The van der Waals surface area contributed by atoms with Gasteiger partial charge in [0.1, 0.15) is 5.60 Å². The molecule has 5 nitrogen and oxygen atoms in total. The molecule has 0 unspecified atom stereocenters. The van der Waals surface area contributed by atoms with E-state index >= 15 is 0 Å². The largest absolute Gasteiger partial charge is 0.368 e. The summed E-state index contributed by atoms with van der Waals surface area (Å²) < 4.78 is 6.64. The van der Waals surface area contributed by atoms with Crippen LogP contribution in [0.2, 0.25) is 5.02 Å². The van der Waals surface area contributed by atoms with Crippen LogP contribution >= 0.6 is 22.9 Å². The van der Waals surface area contributed by atoms with Crippen LogP contribution < -0.4 is 10.6 Å². The van der Waals surface area contributed by atoms with Crippen LogP contribution in [0.5, 0.6) is 0 Å². The number of amides is 1. The molecule has 3 rings (SSSR count). The molecule has 0 bridgehead atoms. The van der Waals surface area contributed by atoms with Gasteiger partial charge in [0, 0.05) is 25.1 Å². The molecule has 1 aromatic carbocycles. The summed E-state index contributed by atoms with van der Waals surface area (Å²) >= 11 is 7.62. The van der Waals surface area contributed by atoms with E-state index in [1.54, 1.807) is 18.4 Å². The number of halogens is 1. The Morgan fingerprint density at radius 3 is 3.00 bits per heavy atom. The Balaban J connectivity index is 1.58. The molecule has 0 atom stereocenters. The van der Waals surface area contributed by atoms with E-state index in [-0.39, 0.29) is 5.91 Å². The topological polar surface area (TPSA) is 63.2 Å². The Bertz CT molecular complexity index is 698. The summed E-state index contributed by atoms with van der Waals surface area (Å²) in [6.45, 7) is 2.17. The van der Waals surface area contributed by atoms with Crippen molar-refractivity contribution < 1.29 is 9.53 Å². The third-order valence-corrected chi connectivity index (χ3v) is 5.57. The first-order chi connectivity index (χ1) is 11.1. The van der Waals surface area contributed by atoms with Crippen LogP contribution in [-0.2, 0) is 16.0 Å². The number of hydrogen-bond acceptors (Lipinski definition) is 5. The number of rotatable bonds is 5. The Morgan fingerprint density at radius 1 is 1.48 bits per heavy atom. The first-order valence-electron chi connectivity index (χ1n) is 7.72. The number of nitrogens with one attached hydrogen (secondary N) is 2. The van der Waals surface area contributed by atoms with Crippen LogP contribution in [-0.4, -0.2) is 43.2 Å². The van der Waals surface area contributed by atoms with E-state index in [9.17, 15) is 4.79 Å². The maximum absolute atomic E-state index is 12.5. The second-order valence-electron chi connectivity index (χ2n) is 5.67. The second-order valence-corrected chi connectivity index (χ2v) is 7.23. The monoisotopic (exact) mass is 353 g/mol. The minimum absolute atomic E-state index is 0.0225. The predicted octanol–water partition coefficient (Wildman–Crippen LogP) is 2.38. The lowest BCUT2D eigenvalue weighted by Crippen LogP contribution is -2.54. The summed E-state index contributed by atoms with van der Waals surface area (Å²) in [5.41, 5.74) is 0.224. The third kappa shape index (κ3) is 3.66. The molecule has 0 radical (unpaired) electrons. The van der Waals surface area contributed by atoms with Crippen LogP contribution in [0.3, 0.4) is 0 Å². The maximum Gasteiger partial charge on any atom is 0.252 e. The van der Waals surface area contributed by atoms with Crippen LogP contribution in [0.15, 0.2) is 18.2 Å². The summed E-state index contributed by atoms with van der Waals surface area (Å²) in [5.74, 6) is -0.0225. The number of piperidine rings is 1. The fourth-order valence-electron chi connectivity index (χ4n) is 2.85. The van der Waals surface area contributed by atoms with Crippen molar-refractivity contribution in [2.45, 2.75) is 24.9 Å². The van der Waals surface area contributed by atoms with Gasteiger partial charge in [0.15, 0.2) is 0 Å². The minimum Gasteiger partial charge on any atom is -0.368 e. The smallest absolute Gasteiger partial charge is 0.252 e. The van der Waals surface area contributed by atoms with E-state index < -0.39 is 5.60 Å². The Morgan fingerprint density at radius 2 is 2.26 bits per heavy atom. The number of fused-ring (bicyclic) bond motifs is 1. The average molecular weight is 354 g/mol. The lowest BCUT2D eigenvalue weighted by Gasteiger charge is -2.34. The normalized spacial score (nSPS) is 17.3. The van der Waals surface area contributed by atoms with E-state index in [0.29, 0.717) is 30.8 Å². The number of hydrogen-bond donors (Lipinski definition) is 2. The quantitative estimate of drug-likeness (QED) is 0.866. The number of carbonyl (C=O) groups is 1. The Labute approximate surface area is 144 Å². The summed E-state index contributed by atoms with van der Waals surface area (Å²) in [5, 5.41) is 7.94. The zero-order valence-electron chi connectivity index (χ0n) is 13.0. The fourth-order valence-corrected chi connectivity index (χ4v) is 3.97. The van der Waals surface area contributed by atoms with E-state index in [1.165, 1.54) is 0 Å². The molecule has 0 saturated carbocycles. The van der Waals surface area contributed by atoms with E-state index in [1.807, 2.05) is 18.2 Å². The maximum atomic E-state index is 12.5. The Kier molecular flexibility index (Phi) is 5.16. The lowest BCUT2D eigenvalue weighted by molar-refractivity contribution is -0.146. The summed E-state index contributed by atoms with van der Waals surface area (Å²) in [6, 6.07) is 5.71. The van der Waals surface area contributed by atoms with Gasteiger partial charge in [-0.2, -0.15) is 0 Å². The zero-order chi connectivity index (χ0) is 16.3. The van der Waals surface area contributed by atoms with Gasteiger partial charge in [-0.25, -0.2) is 4.98 Å². The molecule has 0 aliphatic carbocycles. The molecule has 7 heteroatoms. The van der Waals surface area contributed by atoms with Crippen molar-refractivity contribution in [2.24, 2.45) is 0 Å². The highest BCUT2D eigenvalue weighted by Gasteiger charge is 2.39. The van der Waals surface area contributed by atoms with Gasteiger partial charge in [0.25, 0.3) is 5.91 Å². The van der Waals surface area contributed by atoms with Crippen molar-refractivity contribution in [1.29, 1.82) is 0 Å². The highest BCUT2D eigenvalue weighted by atomic mass is 35.5. The molecule has 1 aliphatic rings. The number of ether oxygens (including phenoxy) is 1. The number of methoxy groups -OCH3 is 1. The van der Waals surface area contributed by atoms with Crippen LogP contribution in [0.4, 0.5) is 0 Å². The summed E-state index contributed by atoms with van der Waals surface area (Å²) in [7, 11) is 1.61. The molecule has 1 saturated heterocycles. The van der Waals surface area contributed by atoms with Crippen LogP contribution in [0.25, 0.3) is 10.2 Å². The molecule has 124 valence electrons. The molecule has 1 aromatic heterocycles. The number of benzene rings is 1. The van der Waals surface area contributed by atoms with Gasteiger partial charge in [-0.1, -0.05) is 11.6 Å². The van der Waals surface area contributed by atoms with Gasteiger partial charge in [-0.3, -0.25) is 4.79 Å². The van der Waals surface area contributed by atoms with Crippen molar-refractivity contribution in [3.05, 3.63) is 28.2 Å². The third-order valence-electron chi connectivity index (χ3n) is 4.23. The van der Waals surface area contributed by atoms with E-state index in [0.717, 1.165) is 28.3 Å². The van der Waals surface area contributed by atoms with Crippen molar-refractivity contribution in [1.82, 2.24) is 15.6 Å². The summed E-state index contributed by atoms with van der Waals surface area (Å²) in [6.07, 6.45) is 2.12. The van der Waals surface area contributed by atoms with Crippen molar-refractivity contribution >= 4 is 39.1 Å². The van der Waals surface area contributed by atoms with Gasteiger partial charge >= 0.3 is 0 Å². The molecular formula is C16H20ClN3O2S. The molecule has 1 amide bonds. The summed E-state index contributed by atoms with van der Waals surface area (Å²) in [4.78, 5) is 17.0. The molecular weight excluding hydrogens is 334 g/mol. The van der Waals surface area contributed by atoms with Gasteiger partial charge in [-0.05, 0) is 44.1 Å². The molecule has 2 aromatic rings.